The van der Waals surface area contributed by atoms with Crippen LogP contribution in [0.2, 0.25) is 0 Å². The fourth-order valence-electron chi connectivity index (χ4n) is 3.78. The summed E-state index contributed by atoms with van der Waals surface area (Å²) >= 11 is 0. The zero-order chi connectivity index (χ0) is 25.2. The molecule has 2 aromatic heterocycles. The van der Waals surface area contributed by atoms with Crippen molar-refractivity contribution in [2.75, 3.05) is 12.4 Å². The van der Waals surface area contributed by atoms with Gasteiger partial charge in [-0.25, -0.2) is 13.4 Å². The summed E-state index contributed by atoms with van der Waals surface area (Å²) in [4.78, 5) is 30.4. The summed E-state index contributed by atoms with van der Waals surface area (Å²) in [7, 11) is -2.20. The maximum absolute atomic E-state index is 13.0. The predicted molar refractivity (Wildman–Crippen MR) is 136 cm³/mol. The Bertz CT molecular complexity index is 1550. The van der Waals surface area contributed by atoms with Crippen LogP contribution in [0, 0.1) is 6.92 Å². The molecule has 9 heteroatoms. The largest absolute Gasteiger partial charge is 0.332 e. The molecule has 2 heterocycles. The SMILES string of the molecule is CCn1cc(C(=O)Nc2ccc(S(=O)(=O)N(C)Cc3ccccc3)cc2)c(=O)c2ccc(C)nc21. The standard InChI is InChI=1S/C26H26N4O4S/c1-4-30-17-23(24(31)22-15-10-18(2)27-25(22)30)26(32)28-20-11-13-21(14-12-20)35(33,34)29(3)16-19-8-6-5-7-9-19/h5-15,17H,4,16H2,1-3H3,(H,28,32). The van der Waals surface area contributed by atoms with Gasteiger partial charge in [0.1, 0.15) is 11.2 Å². The van der Waals surface area contributed by atoms with E-state index in [1.165, 1.54) is 41.8 Å². The Hall–Kier alpha value is -3.82. The number of aryl methyl sites for hydroxylation is 2. The number of amides is 1. The monoisotopic (exact) mass is 490 g/mol. The van der Waals surface area contributed by atoms with Gasteiger partial charge in [-0.15, -0.1) is 0 Å². The summed E-state index contributed by atoms with van der Waals surface area (Å²) in [5, 5.41) is 3.06. The van der Waals surface area contributed by atoms with Crippen LogP contribution >= 0.6 is 0 Å². The van der Waals surface area contributed by atoms with E-state index in [9.17, 15) is 18.0 Å². The first-order chi connectivity index (χ1) is 16.7. The van der Waals surface area contributed by atoms with Crippen molar-refractivity contribution >= 4 is 32.7 Å². The average Bonchev–Trinajstić information content (AvgIpc) is 2.85. The van der Waals surface area contributed by atoms with Crippen LogP contribution in [0.4, 0.5) is 5.69 Å². The zero-order valence-corrected chi connectivity index (χ0v) is 20.5. The van der Waals surface area contributed by atoms with Crippen molar-refractivity contribution in [1.29, 1.82) is 0 Å². The van der Waals surface area contributed by atoms with Gasteiger partial charge in [0, 0.05) is 37.7 Å². The molecule has 4 aromatic rings. The summed E-state index contributed by atoms with van der Waals surface area (Å²) in [6.45, 7) is 4.52. The Labute approximate surface area is 203 Å². The lowest BCUT2D eigenvalue weighted by Crippen LogP contribution is -2.26. The summed E-state index contributed by atoms with van der Waals surface area (Å²) in [5.74, 6) is -0.573. The minimum atomic E-state index is -3.72. The Balaban J connectivity index is 1.55. The van der Waals surface area contributed by atoms with Gasteiger partial charge < -0.3 is 9.88 Å². The van der Waals surface area contributed by atoms with E-state index in [1.807, 2.05) is 44.2 Å². The number of pyridine rings is 2. The van der Waals surface area contributed by atoms with Gasteiger partial charge in [-0.05, 0) is 55.8 Å². The number of anilines is 1. The van der Waals surface area contributed by atoms with E-state index in [2.05, 4.69) is 10.3 Å². The van der Waals surface area contributed by atoms with Gasteiger partial charge in [-0.1, -0.05) is 30.3 Å². The number of benzene rings is 2. The van der Waals surface area contributed by atoms with Gasteiger partial charge in [0.25, 0.3) is 5.91 Å². The van der Waals surface area contributed by atoms with Crippen molar-refractivity contribution in [2.24, 2.45) is 0 Å². The fourth-order valence-corrected chi connectivity index (χ4v) is 4.94. The van der Waals surface area contributed by atoms with Crippen LogP contribution in [-0.4, -0.2) is 35.2 Å². The number of aromatic nitrogens is 2. The molecule has 0 atom stereocenters. The van der Waals surface area contributed by atoms with E-state index in [0.29, 0.717) is 23.3 Å². The molecule has 0 aliphatic rings. The molecular formula is C26H26N4O4S. The molecule has 0 saturated heterocycles. The van der Waals surface area contributed by atoms with E-state index in [4.69, 9.17) is 0 Å². The number of hydrogen-bond acceptors (Lipinski definition) is 5. The quantitative estimate of drug-likeness (QED) is 0.425. The molecule has 0 aliphatic heterocycles. The third-order valence-electron chi connectivity index (χ3n) is 5.71. The Morgan fingerprint density at radius 1 is 1.03 bits per heavy atom. The number of nitrogens with one attached hydrogen (secondary N) is 1. The molecule has 0 unspecified atom stereocenters. The number of hydrogen-bond donors (Lipinski definition) is 1. The van der Waals surface area contributed by atoms with Gasteiger partial charge in [0.15, 0.2) is 0 Å². The van der Waals surface area contributed by atoms with Gasteiger partial charge >= 0.3 is 0 Å². The maximum Gasteiger partial charge on any atom is 0.261 e. The first-order valence-corrected chi connectivity index (χ1v) is 12.6. The topological polar surface area (TPSA) is 101 Å². The molecule has 180 valence electrons. The average molecular weight is 491 g/mol. The highest BCUT2D eigenvalue weighted by Gasteiger charge is 2.21. The Morgan fingerprint density at radius 3 is 2.37 bits per heavy atom. The second kappa shape index (κ2) is 9.81. The van der Waals surface area contributed by atoms with E-state index < -0.39 is 21.4 Å². The summed E-state index contributed by atoms with van der Waals surface area (Å²) in [6, 6.07) is 18.6. The second-order valence-corrected chi connectivity index (χ2v) is 10.3. The molecule has 0 bridgehead atoms. The van der Waals surface area contributed by atoms with Crippen molar-refractivity contribution in [3.63, 3.8) is 0 Å². The van der Waals surface area contributed by atoms with Gasteiger partial charge in [0.05, 0.1) is 10.3 Å². The fraction of sp³-hybridized carbons (Fsp3) is 0.192. The molecule has 0 saturated carbocycles. The highest BCUT2D eigenvalue weighted by Crippen LogP contribution is 2.20. The number of carbonyl (C=O) groups excluding carboxylic acids is 1. The third-order valence-corrected chi connectivity index (χ3v) is 7.53. The van der Waals surface area contributed by atoms with Gasteiger partial charge in [-0.2, -0.15) is 4.31 Å². The van der Waals surface area contributed by atoms with Crippen molar-refractivity contribution in [3.05, 3.63) is 100.0 Å². The molecule has 4 rings (SSSR count). The van der Waals surface area contributed by atoms with Crippen LogP contribution < -0.4 is 10.7 Å². The Kier molecular flexibility index (Phi) is 6.81. The molecule has 0 spiro atoms. The van der Waals surface area contributed by atoms with Crippen LogP contribution in [0.3, 0.4) is 0 Å². The van der Waals surface area contributed by atoms with Crippen LogP contribution in [0.1, 0.15) is 28.5 Å². The molecule has 1 amide bonds. The number of fused-ring (bicyclic) bond motifs is 1. The van der Waals surface area contributed by atoms with E-state index in [0.717, 1.165) is 11.3 Å². The number of rotatable bonds is 7. The molecule has 0 fully saturated rings. The number of carbonyl (C=O) groups is 1. The lowest BCUT2D eigenvalue weighted by molar-refractivity contribution is 0.102. The molecule has 2 aromatic carbocycles. The van der Waals surface area contributed by atoms with Crippen LogP contribution in [0.25, 0.3) is 11.0 Å². The van der Waals surface area contributed by atoms with Crippen LogP contribution in [0.15, 0.2) is 82.6 Å². The molecule has 0 aliphatic carbocycles. The van der Waals surface area contributed by atoms with Crippen molar-refractivity contribution in [2.45, 2.75) is 31.8 Å². The zero-order valence-electron chi connectivity index (χ0n) is 19.7. The minimum absolute atomic E-state index is 0.00991. The van der Waals surface area contributed by atoms with Crippen molar-refractivity contribution in [3.8, 4) is 0 Å². The second-order valence-electron chi connectivity index (χ2n) is 8.21. The molecule has 35 heavy (non-hydrogen) atoms. The predicted octanol–water partition coefficient (Wildman–Crippen LogP) is 3.80. The number of sulfonamides is 1. The molecular weight excluding hydrogens is 464 g/mol. The summed E-state index contributed by atoms with van der Waals surface area (Å²) in [6.07, 6.45) is 1.50. The normalized spacial score (nSPS) is 11.7. The Morgan fingerprint density at radius 2 is 1.71 bits per heavy atom. The maximum atomic E-state index is 13.0. The van der Waals surface area contributed by atoms with Crippen molar-refractivity contribution in [1.82, 2.24) is 13.9 Å². The van der Waals surface area contributed by atoms with E-state index in [1.54, 1.807) is 16.7 Å². The summed E-state index contributed by atoms with van der Waals surface area (Å²) in [5.41, 5.74) is 2.15. The highest BCUT2D eigenvalue weighted by molar-refractivity contribution is 7.89. The molecule has 1 N–H and O–H groups in total. The van der Waals surface area contributed by atoms with E-state index in [-0.39, 0.29) is 17.0 Å². The lowest BCUT2D eigenvalue weighted by Gasteiger charge is -2.17. The van der Waals surface area contributed by atoms with Gasteiger partial charge in [0.2, 0.25) is 15.5 Å². The molecule has 8 nitrogen and oxygen atoms in total. The highest BCUT2D eigenvalue weighted by atomic mass is 32.2. The van der Waals surface area contributed by atoms with Crippen molar-refractivity contribution < 1.29 is 13.2 Å². The van der Waals surface area contributed by atoms with Crippen LogP contribution in [-0.2, 0) is 23.1 Å². The minimum Gasteiger partial charge on any atom is -0.332 e. The lowest BCUT2D eigenvalue weighted by atomic mass is 10.1. The smallest absolute Gasteiger partial charge is 0.261 e. The van der Waals surface area contributed by atoms with Crippen LogP contribution in [0.5, 0.6) is 0 Å². The first-order valence-electron chi connectivity index (χ1n) is 11.1. The van der Waals surface area contributed by atoms with E-state index >= 15 is 0 Å². The van der Waals surface area contributed by atoms with Gasteiger partial charge in [-0.3, -0.25) is 9.59 Å². The third kappa shape index (κ3) is 5.01. The summed E-state index contributed by atoms with van der Waals surface area (Å²) < 4.78 is 28.9. The number of nitrogens with zero attached hydrogens (tertiary/aromatic N) is 3. The first kappa shape index (κ1) is 24.3. The molecule has 0 radical (unpaired) electrons.